The van der Waals surface area contributed by atoms with E-state index in [4.69, 9.17) is 16.3 Å². The molecule has 0 amide bonds. The van der Waals surface area contributed by atoms with Crippen molar-refractivity contribution < 1.29 is 4.74 Å². The maximum atomic E-state index is 6.12. The largest absolute Gasteiger partial charge is 0.487 e. The van der Waals surface area contributed by atoms with Gasteiger partial charge in [0.1, 0.15) is 11.9 Å². The van der Waals surface area contributed by atoms with Gasteiger partial charge in [0, 0.05) is 38.6 Å². The smallest absolute Gasteiger partial charge is 0.138 e. The number of likely N-dealkylation sites (tertiary alicyclic amines) is 1. The molecule has 1 atom stereocenters. The quantitative estimate of drug-likeness (QED) is 0.848. The number of hydrogen-bond acceptors (Lipinski definition) is 3. The fraction of sp³-hybridized carbons (Fsp3) is 0.400. The Balaban J connectivity index is 1.48. The first kappa shape index (κ1) is 13.5. The molecule has 1 fully saturated rings. The van der Waals surface area contributed by atoms with Crippen LogP contribution in [0.3, 0.4) is 0 Å². The van der Waals surface area contributed by atoms with Crippen LogP contribution in [0.25, 0.3) is 0 Å². The Morgan fingerprint density at radius 1 is 1.30 bits per heavy atom. The molecule has 4 nitrogen and oxygen atoms in total. The number of ether oxygens (including phenoxy) is 1. The van der Waals surface area contributed by atoms with Crippen molar-refractivity contribution in [2.24, 2.45) is 0 Å². The Bertz CT molecular complexity index is 544. The van der Waals surface area contributed by atoms with Gasteiger partial charge in [0.05, 0.1) is 11.3 Å². The first-order valence-electron chi connectivity index (χ1n) is 6.90. The molecule has 2 aromatic rings. The number of rotatable bonds is 5. The van der Waals surface area contributed by atoms with Gasteiger partial charge in [-0.2, -0.15) is 0 Å². The third kappa shape index (κ3) is 3.32. The summed E-state index contributed by atoms with van der Waals surface area (Å²) < 4.78 is 8.08. The summed E-state index contributed by atoms with van der Waals surface area (Å²) in [6, 6.07) is 7.66. The van der Waals surface area contributed by atoms with Crippen LogP contribution in [0.1, 0.15) is 6.42 Å². The number of halogens is 1. The summed E-state index contributed by atoms with van der Waals surface area (Å²) in [4.78, 5) is 6.47. The first-order valence-corrected chi connectivity index (χ1v) is 7.28. The highest BCUT2D eigenvalue weighted by atomic mass is 35.5. The molecule has 2 heterocycles. The molecule has 0 aliphatic carbocycles. The zero-order chi connectivity index (χ0) is 13.8. The summed E-state index contributed by atoms with van der Waals surface area (Å²) in [6.45, 7) is 4.03. The molecular formula is C15H18ClN3O. The zero-order valence-electron chi connectivity index (χ0n) is 11.3. The van der Waals surface area contributed by atoms with Crippen LogP contribution in [0, 0.1) is 0 Å². The molecule has 0 saturated carbocycles. The van der Waals surface area contributed by atoms with Crippen molar-refractivity contribution in [2.45, 2.75) is 19.1 Å². The minimum absolute atomic E-state index is 0.234. The molecule has 1 aromatic carbocycles. The van der Waals surface area contributed by atoms with Crippen LogP contribution >= 0.6 is 11.6 Å². The monoisotopic (exact) mass is 291 g/mol. The molecule has 0 radical (unpaired) electrons. The molecule has 0 N–H and O–H groups in total. The number of para-hydroxylation sites is 1. The number of benzene rings is 1. The van der Waals surface area contributed by atoms with E-state index in [0.29, 0.717) is 5.02 Å². The average Bonchev–Trinajstić information content (AvgIpc) is 3.10. The van der Waals surface area contributed by atoms with Crippen molar-refractivity contribution in [3.8, 4) is 5.75 Å². The Kier molecular flexibility index (Phi) is 4.23. The van der Waals surface area contributed by atoms with Crippen molar-refractivity contribution in [3.05, 3.63) is 48.0 Å². The van der Waals surface area contributed by atoms with Crippen LogP contribution in [-0.2, 0) is 6.54 Å². The van der Waals surface area contributed by atoms with E-state index in [1.54, 1.807) is 0 Å². The summed E-state index contributed by atoms with van der Waals surface area (Å²) in [5.74, 6) is 0.788. The minimum Gasteiger partial charge on any atom is -0.487 e. The fourth-order valence-corrected chi connectivity index (χ4v) is 2.67. The van der Waals surface area contributed by atoms with Crippen molar-refractivity contribution in [2.75, 3.05) is 19.6 Å². The predicted octanol–water partition coefficient (Wildman–Crippen LogP) is 2.69. The number of nitrogens with zero attached hydrogens (tertiary/aromatic N) is 3. The minimum atomic E-state index is 0.234. The second-order valence-corrected chi connectivity index (χ2v) is 5.47. The average molecular weight is 292 g/mol. The van der Waals surface area contributed by atoms with Crippen LogP contribution < -0.4 is 4.74 Å². The van der Waals surface area contributed by atoms with Gasteiger partial charge in [0.2, 0.25) is 0 Å². The highest BCUT2D eigenvalue weighted by molar-refractivity contribution is 6.32. The van der Waals surface area contributed by atoms with E-state index in [2.05, 4.69) is 14.5 Å². The van der Waals surface area contributed by atoms with Crippen molar-refractivity contribution in [3.63, 3.8) is 0 Å². The van der Waals surface area contributed by atoms with Crippen molar-refractivity contribution in [1.82, 2.24) is 14.5 Å². The second kappa shape index (κ2) is 6.29. The zero-order valence-corrected chi connectivity index (χ0v) is 12.0. The molecule has 0 bridgehead atoms. The van der Waals surface area contributed by atoms with E-state index in [-0.39, 0.29) is 6.10 Å². The summed E-state index contributed by atoms with van der Waals surface area (Å²) in [5, 5.41) is 0.685. The summed E-state index contributed by atoms with van der Waals surface area (Å²) >= 11 is 6.12. The van der Waals surface area contributed by atoms with Gasteiger partial charge in [-0.15, -0.1) is 0 Å². The lowest BCUT2D eigenvalue weighted by Crippen LogP contribution is -2.27. The molecule has 20 heavy (non-hydrogen) atoms. The van der Waals surface area contributed by atoms with Crippen molar-refractivity contribution >= 4 is 11.6 Å². The van der Waals surface area contributed by atoms with Gasteiger partial charge < -0.3 is 9.30 Å². The molecule has 1 saturated heterocycles. The Morgan fingerprint density at radius 2 is 2.20 bits per heavy atom. The number of hydrogen-bond donors (Lipinski definition) is 0. The van der Waals surface area contributed by atoms with Crippen LogP contribution in [-0.4, -0.2) is 40.2 Å². The first-order chi connectivity index (χ1) is 9.81. The van der Waals surface area contributed by atoms with E-state index in [9.17, 15) is 0 Å². The van der Waals surface area contributed by atoms with E-state index in [1.807, 2.05) is 43.0 Å². The van der Waals surface area contributed by atoms with Gasteiger partial charge >= 0.3 is 0 Å². The van der Waals surface area contributed by atoms with E-state index in [0.717, 1.165) is 38.3 Å². The lowest BCUT2D eigenvalue weighted by atomic mass is 10.3. The standard InChI is InChI=1S/C15H18ClN3O/c16-14-3-1-2-4-15(14)20-13-5-7-18(11-13)9-10-19-8-6-17-12-19/h1-4,6,8,12-13H,5,7,9-11H2/t13-/m1/s1. The van der Waals surface area contributed by atoms with E-state index in [1.165, 1.54) is 0 Å². The van der Waals surface area contributed by atoms with Gasteiger partial charge in [-0.3, -0.25) is 4.90 Å². The van der Waals surface area contributed by atoms with Gasteiger partial charge in [-0.05, 0) is 18.6 Å². The maximum absolute atomic E-state index is 6.12. The highest BCUT2D eigenvalue weighted by Gasteiger charge is 2.24. The molecule has 1 aliphatic rings. The van der Waals surface area contributed by atoms with Gasteiger partial charge in [0.15, 0.2) is 0 Å². The number of aromatic nitrogens is 2. The molecule has 0 unspecified atom stereocenters. The molecule has 5 heteroatoms. The van der Waals surface area contributed by atoms with Crippen molar-refractivity contribution in [1.29, 1.82) is 0 Å². The van der Waals surface area contributed by atoms with Crippen LogP contribution in [0.4, 0.5) is 0 Å². The molecule has 0 spiro atoms. The molecule has 1 aliphatic heterocycles. The second-order valence-electron chi connectivity index (χ2n) is 5.06. The Hall–Kier alpha value is -1.52. The van der Waals surface area contributed by atoms with Crippen LogP contribution in [0.5, 0.6) is 5.75 Å². The highest BCUT2D eigenvalue weighted by Crippen LogP contribution is 2.26. The number of imidazole rings is 1. The lowest BCUT2D eigenvalue weighted by molar-refractivity contribution is 0.198. The van der Waals surface area contributed by atoms with Gasteiger partial charge in [-0.25, -0.2) is 4.98 Å². The SMILES string of the molecule is Clc1ccccc1O[C@@H]1CCN(CCn2ccnc2)C1. The third-order valence-electron chi connectivity index (χ3n) is 3.59. The lowest BCUT2D eigenvalue weighted by Gasteiger charge is -2.17. The van der Waals surface area contributed by atoms with Gasteiger partial charge in [0.25, 0.3) is 0 Å². The van der Waals surface area contributed by atoms with Gasteiger partial charge in [-0.1, -0.05) is 23.7 Å². The van der Waals surface area contributed by atoms with Crippen LogP contribution in [0.15, 0.2) is 43.0 Å². The fourth-order valence-electron chi connectivity index (χ4n) is 2.49. The molecular weight excluding hydrogens is 274 g/mol. The summed E-state index contributed by atoms with van der Waals surface area (Å²) in [7, 11) is 0. The van der Waals surface area contributed by atoms with E-state index < -0.39 is 0 Å². The van der Waals surface area contributed by atoms with E-state index >= 15 is 0 Å². The predicted molar refractivity (Wildman–Crippen MR) is 79.2 cm³/mol. The Morgan fingerprint density at radius 3 is 3.00 bits per heavy atom. The Labute approximate surface area is 123 Å². The molecule has 106 valence electrons. The summed E-state index contributed by atoms with van der Waals surface area (Å²) in [6.07, 6.45) is 6.95. The topological polar surface area (TPSA) is 30.3 Å². The third-order valence-corrected chi connectivity index (χ3v) is 3.91. The molecule has 3 rings (SSSR count). The summed E-state index contributed by atoms with van der Waals surface area (Å²) in [5.41, 5.74) is 0. The van der Waals surface area contributed by atoms with Crippen LogP contribution in [0.2, 0.25) is 5.02 Å². The maximum Gasteiger partial charge on any atom is 0.138 e. The molecule has 1 aromatic heterocycles. The normalized spacial score (nSPS) is 19.4.